The molecule has 1 aromatic carbocycles. The molecule has 0 spiro atoms. The van der Waals surface area contributed by atoms with Crippen molar-refractivity contribution in [1.82, 2.24) is 4.98 Å². The second kappa shape index (κ2) is 9.09. The Hall–Kier alpha value is -2.16. The van der Waals surface area contributed by atoms with Gasteiger partial charge in [-0.2, -0.15) is 0 Å². The van der Waals surface area contributed by atoms with Crippen LogP contribution in [0.15, 0.2) is 42.6 Å². The molecule has 1 aromatic heterocycles. The Kier molecular flexibility index (Phi) is 6.79. The van der Waals surface area contributed by atoms with E-state index in [-0.39, 0.29) is 0 Å². The number of carboxylic acid groups (broad SMARTS) is 1. The van der Waals surface area contributed by atoms with Crippen molar-refractivity contribution in [1.29, 1.82) is 0 Å². The number of aromatic nitrogens is 1. The number of carboxylic acids is 1. The molecule has 2 aromatic rings. The molecule has 23 heavy (non-hydrogen) atoms. The Morgan fingerprint density at radius 1 is 0.913 bits per heavy atom. The summed E-state index contributed by atoms with van der Waals surface area (Å²) in [7, 11) is 0. The molecule has 0 saturated heterocycles. The molecule has 122 valence electrons. The first-order chi connectivity index (χ1) is 11.2. The van der Waals surface area contributed by atoms with Crippen LogP contribution in [0, 0.1) is 0 Å². The number of benzene rings is 1. The molecule has 0 unspecified atom stereocenters. The third-order valence-corrected chi connectivity index (χ3v) is 4.08. The van der Waals surface area contributed by atoms with Gasteiger partial charge in [-0.25, -0.2) is 4.79 Å². The van der Waals surface area contributed by atoms with E-state index in [4.69, 9.17) is 5.11 Å². The van der Waals surface area contributed by atoms with E-state index in [1.54, 1.807) is 12.1 Å². The SMILES string of the molecule is CCCCCCCCc1ccc(-c2ccc(C(=O)O)cc2)cn1. The highest BCUT2D eigenvalue weighted by Gasteiger charge is 2.04. The Bertz CT molecular complexity index is 603. The number of aryl methyl sites for hydroxylation is 1. The molecule has 0 aliphatic heterocycles. The summed E-state index contributed by atoms with van der Waals surface area (Å²) in [6.07, 6.45) is 10.7. The summed E-state index contributed by atoms with van der Waals surface area (Å²) in [5.74, 6) is -0.899. The molecular formula is C20H25NO2. The van der Waals surface area contributed by atoms with E-state index >= 15 is 0 Å². The minimum atomic E-state index is -0.899. The molecule has 0 amide bonds. The van der Waals surface area contributed by atoms with Gasteiger partial charge in [0.25, 0.3) is 0 Å². The van der Waals surface area contributed by atoms with Crippen molar-refractivity contribution in [2.45, 2.75) is 51.9 Å². The van der Waals surface area contributed by atoms with Crippen LogP contribution in [0.1, 0.15) is 61.5 Å². The van der Waals surface area contributed by atoms with E-state index in [0.29, 0.717) is 5.56 Å². The monoisotopic (exact) mass is 311 g/mol. The molecule has 1 heterocycles. The standard InChI is InChI=1S/C20H25NO2/c1-2-3-4-5-6-7-8-19-14-13-18(15-21-19)16-9-11-17(12-10-16)20(22)23/h9-15H,2-8H2,1H3,(H,22,23). The number of aromatic carboxylic acids is 1. The highest BCUT2D eigenvalue weighted by Crippen LogP contribution is 2.20. The summed E-state index contributed by atoms with van der Waals surface area (Å²) in [6.45, 7) is 2.24. The lowest BCUT2D eigenvalue weighted by molar-refractivity contribution is 0.0697. The number of hydrogen-bond donors (Lipinski definition) is 1. The first-order valence-corrected chi connectivity index (χ1v) is 8.49. The van der Waals surface area contributed by atoms with Crippen LogP contribution in [0.25, 0.3) is 11.1 Å². The lowest BCUT2D eigenvalue weighted by Gasteiger charge is -2.05. The normalized spacial score (nSPS) is 10.7. The molecule has 1 N–H and O–H groups in total. The van der Waals surface area contributed by atoms with Gasteiger partial charge in [0.05, 0.1) is 5.56 Å². The first-order valence-electron chi connectivity index (χ1n) is 8.49. The maximum Gasteiger partial charge on any atom is 0.335 e. The van der Waals surface area contributed by atoms with E-state index in [1.807, 2.05) is 18.3 Å². The number of carbonyl (C=O) groups is 1. The van der Waals surface area contributed by atoms with Gasteiger partial charge in [-0.1, -0.05) is 57.2 Å². The van der Waals surface area contributed by atoms with Crippen LogP contribution in [0.5, 0.6) is 0 Å². The first kappa shape index (κ1) is 17.2. The topological polar surface area (TPSA) is 50.2 Å². The summed E-state index contributed by atoms with van der Waals surface area (Å²) in [5.41, 5.74) is 3.45. The number of pyridine rings is 1. The quantitative estimate of drug-likeness (QED) is 0.635. The summed E-state index contributed by atoms with van der Waals surface area (Å²) in [6, 6.07) is 11.0. The Balaban J connectivity index is 1.85. The smallest absolute Gasteiger partial charge is 0.335 e. The van der Waals surface area contributed by atoms with E-state index in [1.165, 1.54) is 38.5 Å². The minimum absolute atomic E-state index is 0.307. The maximum atomic E-state index is 10.9. The molecule has 0 aliphatic rings. The van der Waals surface area contributed by atoms with Gasteiger partial charge in [0.15, 0.2) is 0 Å². The van der Waals surface area contributed by atoms with Crippen LogP contribution in [-0.4, -0.2) is 16.1 Å². The zero-order valence-electron chi connectivity index (χ0n) is 13.8. The van der Waals surface area contributed by atoms with E-state index in [0.717, 1.165) is 23.2 Å². The van der Waals surface area contributed by atoms with Crippen LogP contribution in [0.2, 0.25) is 0 Å². The number of nitrogens with zero attached hydrogens (tertiary/aromatic N) is 1. The van der Waals surface area contributed by atoms with Crippen molar-refractivity contribution in [3.63, 3.8) is 0 Å². The second-order valence-corrected chi connectivity index (χ2v) is 5.94. The number of hydrogen-bond acceptors (Lipinski definition) is 2. The highest BCUT2D eigenvalue weighted by atomic mass is 16.4. The third kappa shape index (κ3) is 5.51. The van der Waals surface area contributed by atoms with Crippen molar-refractivity contribution in [2.75, 3.05) is 0 Å². The predicted octanol–water partition coefficient (Wildman–Crippen LogP) is 5.35. The van der Waals surface area contributed by atoms with Gasteiger partial charge in [0, 0.05) is 17.5 Å². The lowest BCUT2D eigenvalue weighted by Crippen LogP contribution is -1.95. The molecule has 0 fully saturated rings. The van der Waals surface area contributed by atoms with Gasteiger partial charge in [0.2, 0.25) is 0 Å². The Morgan fingerprint density at radius 2 is 1.57 bits per heavy atom. The third-order valence-electron chi connectivity index (χ3n) is 4.08. The molecule has 0 aliphatic carbocycles. The zero-order chi connectivity index (χ0) is 16.5. The molecule has 0 atom stereocenters. The fraction of sp³-hybridized carbons (Fsp3) is 0.400. The fourth-order valence-electron chi connectivity index (χ4n) is 2.63. The van der Waals surface area contributed by atoms with Crippen LogP contribution in [0.3, 0.4) is 0 Å². The summed E-state index contributed by atoms with van der Waals surface area (Å²) in [4.78, 5) is 15.4. The molecule has 0 bridgehead atoms. The van der Waals surface area contributed by atoms with Crippen molar-refractivity contribution in [3.05, 3.63) is 53.9 Å². The molecule has 2 rings (SSSR count). The molecule has 3 nitrogen and oxygen atoms in total. The van der Waals surface area contributed by atoms with Crippen LogP contribution < -0.4 is 0 Å². The van der Waals surface area contributed by atoms with Crippen molar-refractivity contribution >= 4 is 5.97 Å². The van der Waals surface area contributed by atoms with Crippen LogP contribution in [0.4, 0.5) is 0 Å². The molecule has 0 radical (unpaired) electrons. The maximum absolute atomic E-state index is 10.9. The minimum Gasteiger partial charge on any atom is -0.478 e. The summed E-state index contributed by atoms with van der Waals surface area (Å²) in [5, 5.41) is 8.92. The van der Waals surface area contributed by atoms with Crippen molar-refractivity contribution in [3.8, 4) is 11.1 Å². The number of unbranched alkanes of at least 4 members (excludes halogenated alkanes) is 5. The summed E-state index contributed by atoms with van der Waals surface area (Å²) < 4.78 is 0. The number of rotatable bonds is 9. The molecule has 3 heteroatoms. The predicted molar refractivity (Wildman–Crippen MR) is 93.7 cm³/mol. The average molecular weight is 311 g/mol. The van der Waals surface area contributed by atoms with Crippen LogP contribution in [-0.2, 0) is 6.42 Å². The average Bonchev–Trinajstić information content (AvgIpc) is 2.58. The van der Waals surface area contributed by atoms with E-state index in [2.05, 4.69) is 24.0 Å². The second-order valence-electron chi connectivity index (χ2n) is 5.94. The summed E-state index contributed by atoms with van der Waals surface area (Å²) >= 11 is 0. The van der Waals surface area contributed by atoms with E-state index in [9.17, 15) is 4.79 Å². The zero-order valence-corrected chi connectivity index (χ0v) is 13.8. The van der Waals surface area contributed by atoms with Gasteiger partial charge in [-0.15, -0.1) is 0 Å². The largest absolute Gasteiger partial charge is 0.478 e. The lowest BCUT2D eigenvalue weighted by atomic mass is 10.0. The van der Waals surface area contributed by atoms with Gasteiger partial charge in [0.1, 0.15) is 0 Å². The molecule has 0 saturated carbocycles. The van der Waals surface area contributed by atoms with Crippen LogP contribution >= 0.6 is 0 Å². The van der Waals surface area contributed by atoms with Gasteiger partial charge < -0.3 is 5.11 Å². The molecular weight excluding hydrogens is 286 g/mol. The highest BCUT2D eigenvalue weighted by molar-refractivity contribution is 5.88. The van der Waals surface area contributed by atoms with Gasteiger partial charge in [-0.05, 0) is 36.6 Å². The Labute approximate surface area is 138 Å². The Morgan fingerprint density at radius 3 is 2.17 bits per heavy atom. The van der Waals surface area contributed by atoms with Gasteiger partial charge in [-0.3, -0.25) is 4.98 Å². The van der Waals surface area contributed by atoms with Crippen molar-refractivity contribution < 1.29 is 9.90 Å². The fourth-order valence-corrected chi connectivity index (χ4v) is 2.63. The van der Waals surface area contributed by atoms with Gasteiger partial charge >= 0.3 is 5.97 Å². The van der Waals surface area contributed by atoms with E-state index < -0.39 is 5.97 Å². The van der Waals surface area contributed by atoms with Crippen molar-refractivity contribution in [2.24, 2.45) is 0 Å².